The minimum atomic E-state index is -4.95. The maximum absolute atomic E-state index is 13.1. The van der Waals surface area contributed by atoms with E-state index in [2.05, 4.69) is 34.6 Å². The van der Waals surface area contributed by atoms with Crippen LogP contribution in [0.15, 0.2) is 0 Å². The summed E-state index contributed by atoms with van der Waals surface area (Å²) in [5.41, 5.74) is 0. The minimum absolute atomic E-state index is 0.108. The van der Waals surface area contributed by atoms with Crippen LogP contribution in [-0.4, -0.2) is 96.7 Å². The molecule has 0 aromatic rings. The molecule has 3 unspecified atom stereocenters. The van der Waals surface area contributed by atoms with Crippen LogP contribution >= 0.6 is 15.6 Å². The lowest BCUT2D eigenvalue weighted by molar-refractivity contribution is -0.161. The van der Waals surface area contributed by atoms with E-state index >= 15 is 0 Å². The summed E-state index contributed by atoms with van der Waals surface area (Å²) >= 11 is 0. The predicted octanol–water partition coefficient (Wildman–Crippen LogP) is 21.3. The van der Waals surface area contributed by atoms with Crippen molar-refractivity contribution in [2.45, 2.75) is 400 Å². The van der Waals surface area contributed by atoms with Gasteiger partial charge < -0.3 is 33.8 Å². The van der Waals surface area contributed by atoms with E-state index in [0.29, 0.717) is 25.7 Å². The summed E-state index contributed by atoms with van der Waals surface area (Å²) in [5.74, 6) is -1.31. The number of esters is 4. The van der Waals surface area contributed by atoms with E-state index in [4.69, 9.17) is 37.0 Å². The number of phosphoric ester groups is 2. The number of aliphatic hydroxyl groups is 1. The molecule has 0 aliphatic heterocycles. The molecule has 17 nitrogen and oxygen atoms in total. The molecule has 0 radical (unpaired) electrons. The quantitative estimate of drug-likeness (QED) is 0.0222. The summed E-state index contributed by atoms with van der Waals surface area (Å²) in [6.45, 7) is 7.29. The van der Waals surface area contributed by atoms with Crippen molar-refractivity contribution in [2.24, 2.45) is 5.92 Å². The van der Waals surface area contributed by atoms with E-state index in [1.165, 1.54) is 205 Å². The van der Waals surface area contributed by atoms with Crippen molar-refractivity contribution in [3.05, 3.63) is 0 Å². The fourth-order valence-corrected chi connectivity index (χ4v) is 12.7. The average Bonchev–Trinajstić information content (AvgIpc) is 1.84. The predicted molar refractivity (Wildman–Crippen MR) is 372 cm³/mol. The van der Waals surface area contributed by atoms with E-state index in [-0.39, 0.29) is 25.7 Å². The minimum Gasteiger partial charge on any atom is -0.462 e. The molecule has 3 N–H and O–H groups in total. The van der Waals surface area contributed by atoms with Gasteiger partial charge in [-0.05, 0) is 31.6 Å². The SMILES string of the molecule is CCCCCCCCCCCCCCCCCCCC(=O)O[C@H](COC(=O)CCCCCCCCCCCCC(C)CC)COP(=O)(O)OC[C@@H](O)COP(=O)(O)OC[C@@H](COC(=O)CCCCCCCCCCC)OC(=O)CCCCCCCCCCCCCC. The highest BCUT2D eigenvalue weighted by Crippen LogP contribution is 2.45. The van der Waals surface area contributed by atoms with Gasteiger partial charge in [0.2, 0.25) is 0 Å². The molecule has 92 heavy (non-hydrogen) atoms. The maximum Gasteiger partial charge on any atom is 0.472 e. The molecule has 0 amide bonds. The number of unbranched alkanes of at least 4 members (excludes halogenated alkanes) is 44. The Kier molecular flexibility index (Phi) is 64.9. The Hall–Kier alpha value is -1.94. The average molecular weight is 1350 g/mol. The first-order valence-corrected chi connectivity index (χ1v) is 41.2. The zero-order chi connectivity index (χ0) is 67.7. The van der Waals surface area contributed by atoms with Gasteiger partial charge >= 0.3 is 39.5 Å². The Morgan fingerprint density at radius 2 is 0.522 bits per heavy atom. The van der Waals surface area contributed by atoms with Gasteiger partial charge in [0.1, 0.15) is 19.3 Å². The zero-order valence-corrected chi connectivity index (χ0v) is 61.5. The van der Waals surface area contributed by atoms with Gasteiger partial charge in [-0.3, -0.25) is 37.3 Å². The smallest absolute Gasteiger partial charge is 0.462 e. The first-order valence-electron chi connectivity index (χ1n) is 38.2. The monoisotopic (exact) mass is 1350 g/mol. The first-order chi connectivity index (χ1) is 44.6. The lowest BCUT2D eigenvalue weighted by Crippen LogP contribution is -2.30. The van der Waals surface area contributed by atoms with E-state index in [0.717, 1.165) is 95.8 Å². The Morgan fingerprint density at radius 1 is 0.304 bits per heavy atom. The van der Waals surface area contributed by atoms with Crippen molar-refractivity contribution in [2.75, 3.05) is 39.6 Å². The molecule has 0 aromatic heterocycles. The Bertz CT molecular complexity index is 1770. The van der Waals surface area contributed by atoms with Crippen molar-refractivity contribution in [1.82, 2.24) is 0 Å². The van der Waals surface area contributed by atoms with Crippen molar-refractivity contribution in [1.29, 1.82) is 0 Å². The molecule has 0 aromatic carbocycles. The summed E-state index contributed by atoms with van der Waals surface area (Å²) in [4.78, 5) is 72.6. The standard InChI is InChI=1S/C73H142O17P2/c1-6-10-13-16-19-22-24-26-27-28-29-30-32-39-44-49-54-59-73(78)90-69(63-84-71(76)57-52-47-42-37-34-33-36-40-45-50-55-66(5)9-4)65-88-92(81,82)86-61-67(74)60-85-91(79,80)87-64-68(62-83-70(75)56-51-46-41-35-21-18-15-12-8-3)89-72(77)58-53-48-43-38-31-25-23-20-17-14-11-7-2/h66-69,74H,6-65H2,1-5H3,(H,79,80)(H,81,82)/t66?,67-,68+,69+/m0/s1. The van der Waals surface area contributed by atoms with Gasteiger partial charge in [-0.15, -0.1) is 0 Å². The second kappa shape index (κ2) is 66.3. The molecule has 6 atom stereocenters. The number of phosphoric acid groups is 2. The highest BCUT2D eigenvalue weighted by atomic mass is 31.2. The molecule has 0 bridgehead atoms. The third-order valence-electron chi connectivity index (χ3n) is 17.4. The molecule has 0 heterocycles. The van der Waals surface area contributed by atoms with Gasteiger partial charge in [0.05, 0.1) is 26.4 Å². The van der Waals surface area contributed by atoms with E-state index in [9.17, 15) is 43.2 Å². The van der Waals surface area contributed by atoms with Crippen molar-refractivity contribution >= 4 is 39.5 Å². The molecule has 0 saturated heterocycles. The first kappa shape index (κ1) is 90.1. The van der Waals surface area contributed by atoms with Crippen LogP contribution in [-0.2, 0) is 65.4 Å². The number of aliphatic hydroxyl groups excluding tert-OH is 1. The molecular formula is C73H142O17P2. The molecular weight excluding hydrogens is 1210 g/mol. The molecule has 0 saturated carbocycles. The molecule has 546 valence electrons. The van der Waals surface area contributed by atoms with Crippen LogP contribution in [0.5, 0.6) is 0 Å². The highest BCUT2D eigenvalue weighted by Gasteiger charge is 2.30. The summed E-state index contributed by atoms with van der Waals surface area (Å²) in [6, 6.07) is 0. The summed E-state index contributed by atoms with van der Waals surface area (Å²) in [6.07, 6.45) is 53.9. The molecule has 0 rings (SSSR count). The lowest BCUT2D eigenvalue weighted by atomic mass is 9.99. The summed E-state index contributed by atoms with van der Waals surface area (Å²) in [7, 11) is -9.90. The Morgan fingerprint density at radius 3 is 0.772 bits per heavy atom. The number of ether oxygens (including phenoxy) is 4. The third kappa shape index (κ3) is 65.4. The van der Waals surface area contributed by atoms with Gasteiger partial charge in [-0.25, -0.2) is 9.13 Å². The van der Waals surface area contributed by atoms with Crippen molar-refractivity contribution in [3.8, 4) is 0 Å². The zero-order valence-electron chi connectivity index (χ0n) is 59.7. The number of hydrogen-bond acceptors (Lipinski definition) is 15. The van der Waals surface area contributed by atoms with Crippen LogP contribution in [0, 0.1) is 5.92 Å². The Balaban J connectivity index is 5.23. The number of carbonyl (C=O) groups excluding carboxylic acids is 4. The number of hydrogen-bond donors (Lipinski definition) is 3. The van der Waals surface area contributed by atoms with E-state index < -0.39 is 97.5 Å². The van der Waals surface area contributed by atoms with Crippen molar-refractivity contribution < 1.29 is 80.2 Å². The van der Waals surface area contributed by atoms with Gasteiger partial charge in [-0.2, -0.15) is 0 Å². The molecule has 0 fully saturated rings. The second-order valence-electron chi connectivity index (χ2n) is 26.6. The Labute approximate surface area is 562 Å². The summed E-state index contributed by atoms with van der Waals surface area (Å²) < 4.78 is 68.4. The van der Waals surface area contributed by atoms with Crippen LogP contribution in [0.1, 0.15) is 381 Å². The topological polar surface area (TPSA) is 237 Å². The highest BCUT2D eigenvalue weighted by molar-refractivity contribution is 7.47. The van der Waals surface area contributed by atoms with Crippen LogP contribution in [0.3, 0.4) is 0 Å². The molecule has 19 heteroatoms. The fraction of sp³-hybridized carbons (Fsp3) is 0.945. The van der Waals surface area contributed by atoms with E-state index in [1.54, 1.807) is 0 Å². The van der Waals surface area contributed by atoms with Crippen LogP contribution in [0.2, 0.25) is 0 Å². The van der Waals surface area contributed by atoms with Gasteiger partial charge in [0.15, 0.2) is 12.2 Å². The van der Waals surface area contributed by atoms with Crippen LogP contribution in [0.4, 0.5) is 0 Å². The van der Waals surface area contributed by atoms with Crippen LogP contribution in [0.25, 0.3) is 0 Å². The van der Waals surface area contributed by atoms with Gasteiger partial charge in [-0.1, -0.05) is 330 Å². The van der Waals surface area contributed by atoms with Gasteiger partial charge in [0, 0.05) is 25.7 Å². The second-order valence-corrected chi connectivity index (χ2v) is 29.5. The van der Waals surface area contributed by atoms with Gasteiger partial charge in [0.25, 0.3) is 0 Å². The number of rotatable bonds is 73. The maximum atomic E-state index is 13.1. The lowest BCUT2D eigenvalue weighted by Gasteiger charge is -2.21. The largest absolute Gasteiger partial charge is 0.472 e. The third-order valence-corrected chi connectivity index (χ3v) is 19.3. The molecule has 0 aliphatic rings. The van der Waals surface area contributed by atoms with Crippen LogP contribution < -0.4 is 0 Å². The van der Waals surface area contributed by atoms with E-state index in [1.807, 2.05) is 0 Å². The fourth-order valence-electron chi connectivity index (χ4n) is 11.1. The number of carbonyl (C=O) groups is 4. The normalized spacial score (nSPS) is 14.3. The molecule has 0 spiro atoms. The summed E-state index contributed by atoms with van der Waals surface area (Å²) in [5, 5.41) is 10.6. The molecule has 0 aliphatic carbocycles. The van der Waals surface area contributed by atoms with Crippen molar-refractivity contribution in [3.63, 3.8) is 0 Å².